The van der Waals surface area contributed by atoms with Gasteiger partial charge in [-0.2, -0.15) is 0 Å². The molecule has 92 valence electrons. The quantitative estimate of drug-likeness (QED) is 0.754. The number of aryl methyl sites for hydroxylation is 2. The SMILES string of the molecule is CCCn1cc(CCCNC)c2ccccc21. The van der Waals surface area contributed by atoms with Crippen LogP contribution in [0.3, 0.4) is 0 Å². The minimum atomic E-state index is 1.09. The number of nitrogens with one attached hydrogen (secondary N) is 1. The van der Waals surface area contributed by atoms with Gasteiger partial charge in [-0.25, -0.2) is 0 Å². The molecule has 0 aliphatic heterocycles. The van der Waals surface area contributed by atoms with Gasteiger partial charge in [0.1, 0.15) is 0 Å². The van der Waals surface area contributed by atoms with E-state index >= 15 is 0 Å². The number of hydrogen-bond donors (Lipinski definition) is 1. The van der Waals surface area contributed by atoms with Gasteiger partial charge >= 0.3 is 0 Å². The summed E-state index contributed by atoms with van der Waals surface area (Å²) < 4.78 is 2.39. The lowest BCUT2D eigenvalue weighted by molar-refractivity contribution is 0.693. The number of hydrogen-bond acceptors (Lipinski definition) is 1. The Bertz CT molecular complexity index is 471. The second-order valence-electron chi connectivity index (χ2n) is 4.57. The van der Waals surface area contributed by atoms with Crippen molar-refractivity contribution in [1.29, 1.82) is 0 Å². The highest BCUT2D eigenvalue weighted by atomic mass is 15.0. The van der Waals surface area contributed by atoms with Crippen LogP contribution in [0.4, 0.5) is 0 Å². The highest BCUT2D eigenvalue weighted by molar-refractivity contribution is 5.83. The molecule has 0 spiro atoms. The summed E-state index contributed by atoms with van der Waals surface area (Å²) in [5, 5.41) is 4.64. The van der Waals surface area contributed by atoms with E-state index < -0.39 is 0 Å². The van der Waals surface area contributed by atoms with E-state index in [4.69, 9.17) is 0 Å². The Morgan fingerprint density at radius 3 is 2.82 bits per heavy atom. The summed E-state index contributed by atoms with van der Waals surface area (Å²) in [4.78, 5) is 0. The van der Waals surface area contributed by atoms with E-state index in [0.29, 0.717) is 0 Å². The summed E-state index contributed by atoms with van der Waals surface area (Å²) in [6.45, 7) is 4.44. The van der Waals surface area contributed by atoms with Crippen molar-refractivity contribution in [3.8, 4) is 0 Å². The maximum atomic E-state index is 3.21. The highest BCUT2D eigenvalue weighted by Crippen LogP contribution is 2.22. The summed E-state index contributed by atoms with van der Waals surface area (Å²) in [6.07, 6.45) is 5.90. The van der Waals surface area contributed by atoms with Crippen molar-refractivity contribution in [2.24, 2.45) is 0 Å². The summed E-state index contributed by atoms with van der Waals surface area (Å²) in [5.41, 5.74) is 2.87. The Hall–Kier alpha value is -1.28. The van der Waals surface area contributed by atoms with Crippen LogP contribution in [0, 0.1) is 0 Å². The first kappa shape index (κ1) is 12.2. The molecule has 2 nitrogen and oxygen atoms in total. The van der Waals surface area contributed by atoms with Crippen LogP contribution in [0.5, 0.6) is 0 Å². The zero-order valence-electron chi connectivity index (χ0n) is 10.9. The molecule has 2 aromatic rings. The topological polar surface area (TPSA) is 17.0 Å². The van der Waals surface area contributed by atoms with Crippen LogP contribution in [-0.2, 0) is 13.0 Å². The Kier molecular flexibility index (Phi) is 4.21. The van der Waals surface area contributed by atoms with E-state index in [0.717, 1.165) is 19.5 Å². The molecule has 1 N–H and O–H groups in total. The molecule has 1 aromatic heterocycles. The number of rotatable bonds is 6. The van der Waals surface area contributed by atoms with Crippen molar-refractivity contribution < 1.29 is 0 Å². The average molecular weight is 230 g/mol. The van der Waals surface area contributed by atoms with Gasteiger partial charge in [-0.3, -0.25) is 0 Å². The fourth-order valence-corrected chi connectivity index (χ4v) is 2.40. The fourth-order valence-electron chi connectivity index (χ4n) is 2.40. The van der Waals surface area contributed by atoms with E-state index in [-0.39, 0.29) is 0 Å². The van der Waals surface area contributed by atoms with Gasteiger partial charge < -0.3 is 9.88 Å². The number of nitrogens with zero attached hydrogens (tertiary/aromatic N) is 1. The van der Waals surface area contributed by atoms with E-state index in [1.54, 1.807) is 0 Å². The van der Waals surface area contributed by atoms with E-state index in [1.807, 2.05) is 7.05 Å². The van der Waals surface area contributed by atoms with Crippen LogP contribution in [0.1, 0.15) is 25.3 Å². The molecule has 2 rings (SSSR count). The van der Waals surface area contributed by atoms with Gasteiger partial charge in [0.05, 0.1) is 0 Å². The van der Waals surface area contributed by atoms with Crippen molar-refractivity contribution in [1.82, 2.24) is 9.88 Å². The molecule has 17 heavy (non-hydrogen) atoms. The van der Waals surface area contributed by atoms with Gasteiger partial charge in [0.25, 0.3) is 0 Å². The first-order chi connectivity index (χ1) is 8.36. The van der Waals surface area contributed by atoms with Crippen LogP contribution < -0.4 is 5.32 Å². The monoisotopic (exact) mass is 230 g/mol. The normalized spacial score (nSPS) is 11.2. The Labute approximate surface area is 104 Å². The molecular weight excluding hydrogens is 208 g/mol. The van der Waals surface area contributed by atoms with Gasteiger partial charge in [0.2, 0.25) is 0 Å². The van der Waals surface area contributed by atoms with Crippen LogP contribution in [-0.4, -0.2) is 18.2 Å². The zero-order valence-corrected chi connectivity index (χ0v) is 10.9. The van der Waals surface area contributed by atoms with Crippen molar-refractivity contribution >= 4 is 10.9 Å². The number of aromatic nitrogens is 1. The van der Waals surface area contributed by atoms with Crippen molar-refractivity contribution in [2.75, 3.05) is 13.6 Å². The maximum Gasteiger partial charge on any atom is 0.0483 e. The first-order valence-electron chi connectivity index (χ1n) is 6.58. The molecule has 0 radical (unpaired) electrons. The summed E-state index contributed by atoms with van der Waals surface area (Å²) in [5.74, 6) is 0. The minimum Gasteiger partial charge on any atom is -0.347 e. The minimum absolute atomic E-state index is 1.09. The molecule has 0 aliphatic carbocycles. The van der Waals surface area contributed by atoms with E-state index in [9.17, 15) is 0 Å². The lowest BCUT2D eigenvalue weighted by Crippen LogP contribution is -2.08. The average Bonchev–Trinajstić information content (AvgIpc) is 2.70. The standard InChI is InChI=1S/C15H22N2/c1-3-11-17-12-13(7-6-10-16-2)14-8-4-5-9-15(14)17/h4-5,8-9,12,16H,3,6-7,10-11H2,1-2H3. The molecule has 0 atom stereocenters. The Morgan fingerprint density at radius 1 is 1.24 bits per heavy atom. The Balaban J connectivity index is 2.28. The third-order valence-corrected chi connectivity index (χ3v) is 3.21. The molecule has 1 aromatic carbocycles. The Morgan fingerprint density at radius 2 is 2.06 bits per heavy atom. The highest BCUT2D eigenvalue weighted by Gasteiger charge is 2.06. The molecule has 0 aliphatic rings. The lowest BCUT2D eigenvalue weighted by Gasteiger charge is -2.01. The van der Waals surface area contributed by atoms with Crippen LogP contribution in [0.25, 0.3) is 10.9 Å². The van der Waals surface area contributed by atoms with Crippen LogP contribution >= 0.6 is 0 Å². The van der Waals surface area contributed by atoms with Gasteiger partial charge in [-0.05, 0) is 44.5 Å². The summed E-state index contributed by atoms with van der Waals surface area (Å²) >= 11 is 0. The molecule has 0 amide bonds. The van der Waals surface area contributed by atoms with Crippen molar-refractivity contribution in [3.05, 3.63) is 36.0 Å². The third kappa shape index (κ3) is 2.70. The fraction of sp³-hybridized carbons (Fsp3) is 0.467. The number of para-hydroxylation sites is 1. The molecule has 0 saturated carbocycles. The third-order valence-electron chi connectivity index (χ3n) is 3.21. The lowest BCUT2D eigenvalue weighted by atomic mass is 10.1. The van der Waals surface area contributed by atoms with E-state index in [1.165, 1.54) is 29.3 Å². The van der Waals surface area contributed by atoms with Crippen LogP contribution in [0.2, 0.25) is 0 Å². The first-order valence-corrected chi connectivity index (χ1v) is 6.58. The van der Waals surface area contributed by atoms with Gasteiger partial charge in [0.15, 0.2) is 0 Å². The second-order valence-corrected chi connectivity index (χ2v) is 4.57. The smallest absolute Gasteiger partial charge is 0.0483 e. The largest absolute Gasteiger partial charge is 0.347 e. The van der Waals surface area contributed by atoms with Gasteiger partial charge in [0, 0.05) is 23.6 Å². The summed E-state index contributed by atoms with van der Waals surface area (Å²) in [6, 6.07) is 8.74. The molecule has 0 saturated heterocycles. The molecule has 1 heterocycles. The summed E-state index contributed by atoms with van der Waals surface area (Å²) in [7, 11) is 2.01. The van der Waals surface area contributed by atoms with Crippen molar-refractivity contribution in [3.63, 3.8) is 0 Å². The van der Waals surface area contributed by atoms with Crippen LogP contribution in [0.15, 0.2) is 30.5 Å². The molecule has 0 bridgehead atoms. The number of benzene rings is 1. The van der Waals surface area contributed by atoms with Gasteiger partial charge in [-0.15, -0.1) is 0 Å². The maximum absolute atomic E-state index is 3.21. The zero-order chi connectivity index (χ0) is 12.1. The predicted octanol–water partition coefficient (Wildman–Crippen LogP) is 3.20. The van der Waals surface area contributed by atoms with Crippen molar-refractivity contribution in [2.45, 2.75) is 32.7 Å². The molecule has 0 unspecified atom stereocenters. The van der Waals surface area contributed by atoms with Gasteiger partial charge in [-0.1, -0.05) is 25.1 Å². The van der Waals surface area contributed by atoms with E-state index in [2.05, 4.69) is 47.3 Å². The molecule has 0 fully saturated rings. The number of fused-ring (bicyclic) bond motifs is 1. The predicted molar refractivity (Wildman–Crippen MR) is 74.5 cm³/mol. The molecular formula is C15H22N2. The second kappa shape index (κ2) is 5.87. The molecule has 2 heteroatoms.